The molecular weight excluding hydrogens is 368 g/mol. The average Bonchev–Trinajstić information content (AvgIpc) is 3.17. The molecule has 1 aromatic heterocycles. The summed E-state index contributed by atoms with van der Waals surface area (Å²) in [7, 11) is 1.64. The number of carbonyl (C=O) groups is 3. The first-order chi connectivity index (χ1) is 13.0. The Labute approximate surface area is 161 Å². The molecule has 144 valence electrons. The Hall–Kier alpha value is -2.87. The van der Waals surface area contributed by atoms with Crippen LogP contribution in [0.25, 0.3) is 0 Å². The number of carbonyl (C=O) groups excluding carboxylic acids is 3. The van der Waals surface area contributed by atoms with Crippen LogP contribution in [0.3, 0.4) is 0 Å². The molecule has 0 fully saturated rings. The van der Waals surface area contributed by atoms with Gasteiger partial charge in [0.2, 0.25) is 0 Å². The van der Waals surface area contributed by atoms with Gasteiger partial charge in [-0.1, -0.05) is 12.1 Å². The predicted octanol–water partition coefficient (Wildman–Crippen LogP) is 2.08. The van der Waals surface area contributed by atoms with Crippen molar-refractivity contribution in [1.82, 2.24) is 10.2 Å². The molecule has 1 heterocycles. The number of nitrogens with zero attached hydrogens (tertiary/aromatic N) is 1. The van der Waals surface area contributed by atoms with Gasteiger partial charge in [-0.05, 0) is 41.4 Å². The fraction of sp³-hybridized carbons (Fsp3) is 0.316. The molecule has 8 heteroatoms. The SMILES string of the molecule is CCOc1ccccc1C(=O)NCC(=O)OCC(=O)N(C)Cc1ccsc1. The first-order valence-corrected chi connectivity index (χ1v) is 9.36. The lowest BCUT2D eigenvalue weighted by Crippen LogP contribution is -2.34. The zero-order chi connectivity index (χ0) is 19.6. The van der Waals surface area contributed by atoms with Gasteiger partial charge < -0.3 is 19.7 Å². The van der Waals surface area contributed by atoms with Gasteiger partial charge in [0.15, 0.2) is 6.61 Å². The predicted molar refractivity (Wildman–Crippen MR) is 102 cm³/mol. The first-order valence-electron chi connectivity index (χ1n) is 8.42. The van der Waals surface area contributed by atoms with Crippen LogP contribution < -0.4 is 10.1 Å². The highest BCUT2D eigenvalue weighted by molar-refractivity contribution is 7.07. The molecule has 0 saturated heterocycles. The van der Waals surface area contributed by atoms with Crippen molar-refractivity contribution in [2.45, 2.75) is 13.5 Å². The van der Waals surface area contributed by atoms with Crippen LogP contribution in [-0.2, 0) is 20.9 Å². The van der Waals surface area contributed by atoms with E-state index in [1.807, 2.05) is 23.8 Å². The Morgan fingerprint density at radius 2 is 1.96 bits per heavy atom. The van der Waals surface area contributed by atoms with Crippen LogP contribution >= 0.6 is 11.3 Å². The third-order valence-corrected chi connectivity index (χ3v) is 4.34. The van der Waals surface area contributed by atoms with Gasteiger partial charge in [-0.25, -0.2) is 0 Å². The van der Waals surface area contributed by atoms with Crippen LogP contribution in [0.4, 0.5) is 0 Å². The van der Waals surface area contributed by atoms with E-state index in [0.29, 0.717) is 24.5 Å². The van der Waals surface area contributed by atoms with Crippen LogP contribution in [0.2, 0.25) is 0 Å². The van der Waals surface area contributed by atoms with Crippen molar-refractivity contribution in [3.63, 3.8) is 0 Å². The third kappa shape index (κ3) is 6.41. The van der Waals surface area contributed by atoms with Gasteiger partial charge in [0.25, 0.3) is 11.8 Å². The maximum Gasteiger partial charge on any atom is 0.325 e. The monoisotopic (exact) mass is 390 g/mol. The van der Waals surface area contributed by atoms with Crippen LogP contribution in [-0.4, -0.2) is 49.5 Å². The Morgan fingerprint density at radius 3 is 2.67 bits per heavy atom. The van der Waals surface area contributed by atoms with Gasteiger partial charge in [-0.15, -0.1) is 0 Å². The number of esters is 1. The topological polar surface area (TPSA) is 84.9 Å². The lowest BCUT2D eigenvalue weighted by molar-refractivity contribution is -0.150. The molecule has 1 aromatic carbocycles. The largest absolute Gasteiger partial charge is 0.493 e. The average molecular weight is 390 g/mol. The molecule has 0 unspecified atom stereocenters. The fourth-order valence-corrected chi connectivity index (χ4v) is 2.89. The molecule has 0 spiro atoms. The molecule has 0 radical (unpaired) electrons. The Kier molecular flexibility index (Phi) is 7.81. The lowest BCUT2D eigenvalue weighted by atomic mass is 10.2. The van der Waals surface area contributed by atoms with Crippen molar-refractivity contribution >= 4 is 29.1 Å². The minimum absolute atomic E-state index is 0.317. The summed E-state index contributed by atoms with van der Waals surface area (Å²) in [5, 5.41) is 6.35. The summed E-state index contributed by atoms with van der Waals surface area (Å²) in [6.07, 6.45) is 0. The summed E-state index contributed by atoms with van der Waals surface area (Å²) in [6, 6.07) is 8.68. The number of thiophene rings is 1. The highest BCUT2D eigenvalue weighted by Gasteiger charge is 2.15. The number of rotatable bonds is 9. The van der Waals surface area contributed by atoms with Crippen LogP contribution in [0.15, 0.2) is 41.1 Å². The number of ether oxygens (including phenoxy) is 2. The zero-order valence-electron chi connectivity index (χ0n) is 15.3. The van der Waals surface area contributed by atoms with Gasteiger partial charge in [0, 0.05) is 13.6 Å². The molecule has 2 rings (SSSR count). The first kappa shape index (κ1) is 20.4. The normalized spacial score (nSPS) is 10.1. The fourth-order valence-electron chi connectivity index (χ4n) is 2.23. The second kappa shape index (κ2) is 10.3. The van der Waals surface area contributed by atoms with Gasteiger partial charge in [-0.3, -0.25) is 14.4 Å². The number of hydrogen-bond acceptors (Lipinski definition) is 6. The maximum absolute atomic E-state index is 12.2. The molecule has 0 bridgehead atoms. The minimum atomic E-state index is -0.686. The molecule has 7 nitrogen and oxygen atoms in total. The molecule has 0 aliphatic carbocycles. The van der Waals surface area contributed by atoms with E-state index in [2.05, 4.69) is 5.32 Å². The third-order valence-electron chi connectivity index (χ3n) is 3.61. The van der Waals surface area contributed by atoms with Crippen LogP contribution in [0.5, 0.6) is 5.75 Å². The number of para-hydroxylation sites is 1. The van der Waals surface area contributed by atoms with Crippen molar-refractivity contribution < 1.29 is 23.9 Å². The number of nitrogens with one attached hydrogen (secondary N) is 1. The number of likely N-dealkylation sites (N-methyl/N-ethyl adjacent to an activating group) is 1. The molecule has 2 amide bonds. The van der Waals surface area contributed by atoms with Gasteiger partial charge in [-0.2, -0.15) is 11.3 Å². The zero-order valence-corrected chi connectivity index (χ0v) is 16.1. The minimum Gasteiger partial charge on any atom is -0.493 e. The molecule has 0 atom stereocenters. The van der Waals surface area contributed by atoms with Gasteiger partial charge >= 0.3 is 5.97 Å². The van der Waals surface area contributed by atoms with E-state index in [1.165, 1.54) is 4.90 Å². The van der Waals surface area contributed by atoms with E-state index in [0.717, 1.165) is 5.56 Å². The summed E-state index contributed by atoms with van der Waals surface area (Å²) in [5.41, 5.74) is 1.35. The van der Waals surface area contributed by atoms with Gasteiger partial charge in [0.05, 0.1) is 12.2 Å². The maximum atomic E-state index is 12.2. The van der Waals surface area contributed by atoms with E-state index in [1.54, 1.807) is 42.6 Å². The quantitative estimate of drug-likeness (QED) is 0.663. The molecule has 0 aliphatic rings. The van der Waals surface area contributed by atoms with Crippen molar-refractivity contribution in [2.75, 3.05) is 26.8 Å². The summed E-state index contributed by atoms with van der Waals surface area (Å²) >= 11 is 1.55. The smallest absolute Gasteiger partial charge is 0.325 e. The van der Waals surface area contributed by atoms with E-state index >= 15 is 0 Å². The van der Waals surface area contributed by atoms with Crippen molar-refractivity contribution in [3.8, 4) is 5.75 Å². The highest BCUT2D eigenvalue weighted by Crippen LogP contribution is 2.17. The molecule has 0 aliphatic heterocycles. The number of benzene rings is 1. The Balaban J connectivity index is 1.75. The summed E-state index contributed by atoms with van der Waals surface area (Å²) in [4.78, 5) is 37.5. The van der Waals surface area contributed by atoms with Crippen molar-refractivity contribution in [3.05, 3.63) is 52.2 Å². The number of amides is 2. The van der Waals surface area contributed by atoms with Crippen LogP contribution in [0.1, 0.15) is 22.8 Å². The lowest BCUT2D eigenvalue weighted by Gasteiger charge is -2.16. The molecule has 2 aromatic rings. The summed E-state index contributed by atoms with van der Waals surface area (Å²) in [6.45, 7) is 1.99. The Bertz CT molecular complexity index is 776. The van der Waals surface area contributed by atoms with Gasteiger partial charge in [0.1, 0.15) is 12.3 Å². The molecule has 0 saturated carbocycles. The molecular formula is C19H22N2O5S. The van der Waals surface area contributed by atoms with Crippen LogP contribution in [0, 0.1) is 0 Å². The second-order valence-corrected chi connectivity index (χ2v) is 6.43. The Morgan fingerprint density at radius 1 is 1.19 bits per heavy atom. The standard InChI is InChI=1S/C19H22N2O5S/c1-3-25-16-7-5-4-6-15(16)19(24)20-10-18(23)26-12-17(22)21(2)11-14-8-9-27-13-14/h4-9,13H,3,10-12H2,1-2H3,(H,20,24). The summed E-state index contributed by atoms with van der Waals surface area (Å²) in [5.74, 6) is -1.01. The van der Waals surface area contributed by atoms with E-state index in [4.69, 9.17) is 9.47 Å². The highest BCUT2D eigenvalue weighted by atomic mass is 32.1. The van der Waals surface area contributed by atoms with Crippen molar-refractivity contribution in [1.29, 1.82) is 0 Å². The molecule has 1 N–H and O–H groups in total. The summed E-state index contributed by atoms with van der Waals surface area (Å²) < 4.78 is 10.3. The van der Waals surface area contributed by atoms with E-state index < -0.39 is 11.9 Å². The second-order valence-electron chi connectivity index (χ2n) is 5.65. The molecule has 27 heavy (non-hydrogen) atoms. The van der Waals surface area contributed by atoms with E-state index in [9.17, 15) is 14.4 Å². The number of hydrogen-bond donors (Lipinski definition) is 1. The van der Waals surface area contributed by atoms with Crippen molar-refractivity contribution in [2.24, 2.45) is 0 Å². The van der Waals surface area contributed by atoms with E-state index in [-0.39, 0.29) is 19.1 Å².